The molecule has 102 valence electrons. The first-order chi connectivity index (χ1) is 7.63. The van der Waals surface area contributed by atoms with Crippen molar-refractivity contribution in [3.05, 3.63) is 0 Å². The second-order valence-electron chi connectivity index (χ2n) is 5.82. The largest absolute Gasteiger partial charge is 0.390 e. The van der Waals surface area contributed by atoms with Gasteiger partial charge < -0.3 is 10.6 Å². The first kappa shape index (κ1) is 14.8. The predicted molar refractivity (Wildman–Crippen MR) is 62.7 cm³/mol. The smallest absolute Gasteiger partial charge is 0.326 e. The second kappa shape index (κ2) is 5.14. The summed E-state index contributed by atoms with van der Waals surface area (Å²) in [5.41, 5.74) is 6.20. The maximum Gasteiger partial charge on any atom is 0.390 e. The van der Waals surface area contributed by atoms with Crippen LogP contribution in [0.2, 0.25) is 0 Å². The molecule has 0 saturated heterocycles. The SMILES string of the molecule is CN(CCC(F)(F)F)C1CCCC(C)(C)C1N. The third kappa shape index (κ3) is 4.14. The molecule has 0 spiro atoms. The Morgan fingerprint density at radius 3 is 2.47 bits per heavy atom. The number of hydrogen-bond donors (Lipinski definition) is 1. The molecule has 1 aliphatic rings. The van der Waals surface area contributed by atoms with Gasteiger partial charge in [-0.15, -0.1) is 0 Å². The summed E-state index contributed by atoms with van der Waals surface area (Å²) in [6, 6.07) is 0.0237. The molecule has 0 aliphatic heterocycles. The van der Waals surface area contributed by atoms with E-state index in [1.807, 2.05) is 0 Å². The van der Waals surface area contributed by atoms with Gasteiger partial charge in [-0.1, -0.05) is 20.3 Å². The molecule has 1 saturated carbocycles. The molecule has 0 heterocycles. The summed E-state index contributed by atoms with van der Waals surface area (Å²) in [6.45, 7) is 4.24. The van der Waals surface area contributed by atoms with E-state index in [1.54, 1.807) is 11.9 Å². The standard InChI is InChI=1S/C12H23F3N2/c1-11(2)6-4-5-9(10(11)16)17(3)8-7-12(13,14)15/h9-10H,4-8,16H2,1-3H3. The number of likely N-dealkylation sites (N-methyl/N-ethyl adjacent to an activating group) is 1. The molecular formula is C12H23F3N2. The highest BCUT2D eigenvalue weighted by atomic mass is 19.4. The normalized spacial score (nSPS) is 29.6. The Balaban J connectivity index is 2.54. The Labute approximate surface area is 101 Å². The second-order valence-corrected chi connectivity index (χ2v) is 5.82. The summed E-state index contributed by atoms with van der Waals surface area (Å²) < 4.78 is 36.5. The van der Waals surface area contributed by atoms with E-state index in [1.165, 1.54) is 0 Å². The molecule has 0 aromatic carbocycles. The fourth-order valence-corrected chi connectivity index (χ4v) is 2.60. The van der Waals surface area contributed by atoms with Gasteiger partial charge in [0.05, 0.1) is 6.42 Å². The van der Waals surface area contributed by atoms with Crippen LogP contribution in [0.5, 0.6) is 0 Å². The van der Waals surface area contributed by atoms with Crippen LogP contribution in [0.15, 0.2) is 0 Å². The first-order valence-electron chi connectivity index (χ1n) is 6.16. The first-order valence-corrected chi connectivity index (χ1v) is 6.16. The molecule has 2 unspecified atom stereocenters. The molecule has 2 atom stereocenters. The zero-order valence-corrected chi connectivity index (χ0v) is 10.8. The van der Waals surface area contributed by atoms with E-state index in [-0.39, 0.29) is 24.0 Å². The number of halogens is 3. The quantitative estimate of drug-likeness (QED) is 0.837. The topological polar surface area (TPSA) is 29.3 Å². The number of nitrogens with zero attached hydrogens (tertiary/aromatic N) is 1. The highest BCUT2D eigenvalue weighted by Gasteiger charge is 2.39. The van der Waals surface area contributed by atoms with Gasteiger partial charge in [-0.2, -0.15) is 13.2 Å². The minimum Gasteiger partial charge on any atom is -0.326 e. The van der Waals surface area contributed by atoms with E-state index < -0.39 is 12.6 Å². The zero-order valence-electron chi connectivity index (χ0n) is 10.8. The fourth-order valence-electron chi connectivity index (χ4n) is 2.60. The van der Waals surface area contributed by atoms with Gasteiger partial charge in [0.15, 0.2) is 0 Å². The van der Waals surface area contributed by atoms with Crippen molar-refractivity contribution in [1.29, 1.82) is 0 Å². The predicted octanol–water partition coefficient (Wildman–Crippen LogP) is 2.78. The molecule has 1 fully saturated rings. The molecule has 17 heavy (non-hydrogen) atoms. The van der Waals surface area contributed by atoms with Crippen molar-refractivity contribution in [2.24, 2.45) is 11.1 Å². The van der Waals surface area contributed by atoms with Crippen molar-refractivity contribution in [2.45, 2.75) is 57.8 Å². The van der Waals surface area contributed by atoms with Gasteiger partial charge in [-0.3, -0.25) is 0 Å². The number of nitrogens with two attached hydrogens (primary N) is 1. The van der Waals surface area contributed by atoms with Crippen LogP contribution >= 0.6 is 0 Å². The van der Waals surface area contributed by atoms with Crippen LogP contribution in [0.1, 0.15) is 39.5 Å². The number of hydrogen-bond acceptors (Lipinski definition) is 2. The molecule has 2 N–H and O–H groups in total. The van der Waals surface area contributed by atoms with E-state index in [4.69, 9.17) is 5.73 Å². The number of alkyl halides is 3. The van der Waals surface area contributed by atoms with E-state index in [9.17, 15) is 13.2 Å². The van der Waals surface area contributed by atoms with Crippen LogP contribution in [-0.2, 0) is 0 Å². The average molecular weight is 252 g/mol. The monoisotopic (exact) mass is 252 g/mol. The fraction of sp³-hybridized carbons (Fsp3) is 1.00. The van der Waals surface area contributed by atoms with Crippen molar-refractivity contribution in [1.82, 2.24) is 4.90 Å². The maximum atomic E-state index is 12.2. The average Bonchev–Trinajstić information content (AvgIpc) is 2.17. The van der Waals surface area contributed by atoms with E-state index in [2.05, 4.69) is 13.8 Å². The van der Waals surface area contributed by atoms with Crippen molar-refractivity contribution >= 4 is 0 Å². The third-order valence-electron chi connectivity index (χ3n) is 3.95. The lowest BCUT2D eigenvalue weighted by atomic mass is 9.71. The summed E-state index contributed by atoms with van der Waals surface area (Å²) in [5.74, 6) is 0. The molecule has 0 radical (unpaired) electrons. The summed E-state index contributed by atoms with van der Waals surface area (Å²) in [7, 11) is 1.75. The molecule has 0 amide bonds. The van der Waals surface area contributed by atoms with Crippen LogP contribution in [0.3, 0.4) is 0 Å². The Kier molecular flexibility index (Phi) is 4.47. The molecule has 2 nitrogen and oxygen atoms in total. The zero-order chi connectivity index (χ0) is 13.3. The molecule has 1 rings (SSSR count). The lowest BCUT2D eigenvalue weighted by molar-refractivity contribution is -0.139. The van der Waals surface area contributed by atoms with Crippen LogP contribution in [0.25, 0.3) is 0 Å². The highest BCUT2D eigenvalue weighted by molar-refractivity contribution is 4.95. The van der Waals surface area contributed by atoms with Crippen LogP contribution in [0.4, 0.5) is 13.2 Å². The van der Waals surface area contributed by atoms with Crippen LogP contribution < -0.4 is 5.73 Å². The van der Waals surface area contributed by atoms with Crippen molar-refractivity contribution in [2.75, 3.05) is 13.6 Å². The highest BCUT2D eigenvalue weighted by Crippen LogP contribution is 2.36. The van der Waals surface area contributed by atoms with Crippen molar-refractivity contribution < 1.29 is 13.2 Å². The molecule has 0 bridgehead atoms. The summed E-state index contributed by atoms with van der Waals surface area (Å²) >= 11 is 0. The lowest BCUT2D eigenvalue weighted by Gasteiger charge is -2.45. The Morgan fingerprint density at radius 2 is 1.94 bits per heavy atom. The minimum absolute atomic E-state index is 0.0232. The van der Waals surface area contributed by atoms with Gasteiger partial charge in [-0.25, -0.2) is 0 Å². The van der Waals surface area contributed by atoms with Gasteiger partial charge in [0.1, 0.15) is 0 Å². The van der Waals surface area contributed by atoms with Crippen LogP contribution in [-0.4, -0.2) is 36.8 Å². The summed E-state index contributed by atoms with van der Waals surface area (Å²) in [6.07, 6.45) is -1.84. The summed E-state index contributed by atoms with van der Waals surface area (Å²) in [5, 5.41) is 0. The lowest BCUT2D eigenvalue weighted by Crippen LogP contribution is -2.56. The summed E-state index contributed by atoms with van der Waals surface area (Å²) in [4.78, 5) is 1.78. The molecule has 1 aliphatic carbocycles. The number of rotatable bonds is 3. The van der Waals surface area contributed by atoms with E-state index in [0.717, 1.165) is 19.3 Å². The van der Waals surface area contributed by atoms with Gasteiger partial charge >= 0.3 is 6.18 Å². The van der Waals surface area contributed by atoms with Crippen molar-refractivity contribution in [3.63, 3.8) is 0 Å². The van der Waals surface area contributed by atoms with Gasteiger partial charge in [-0.05, 0) is 25.3 Å². The van der Waals surface area contributed by atoms with Crippen molar-refractivity contribution in [3.8, 4) is 0 Å². The molecular weight excluding hydrogens is 229 g/mol. The van der Waals surface area contributed by atoms with Gasteiger partial charge in [0.25, 0.3) is 0 Å². The Hall–Kier alpha value is -0.290. The molecule has 0 aromatic rings. The van der Waals surface area contributed by atoms with Crippen LogP contribution in [0, 0.1) is 5.41 Å². The Bertz CT molecular complexity index is 251. The molecule has 5 heteroatoms. The Morgan fingerprint density at radius 1 is 1.35 bits per heavy atom. The van der Waals surface area contributed by atoms with E-state index in [0.29, 0.717) is 0 Å². The van der Waals surface area contributed by atoms with E-state index >= 15 is 0 Å². The van der Waals surface area contributed by atoms with Gasteiger partial charge in [0.2, 0.25) is 0 Å². The maximum absolute atomic E-state index is 12.2. The van der Waals surface area contributed by atoms with Gasteiger partial charge in [0, 0.05) is 18.6 Å². The minimum atomic E-state index is -4.08. The third-order valence-corrected chi connectivity index (χ3v) is 3.95. The molecule has 0 aromatic heterocycles.